The Labute approximate surface area is 208 Å². The number of aryl methyl sites for hydroxylation is 1. The smallest absolute Gasteiger partial charge is 0.309 e. The Morgan fingerprint density at radius 1 is 1.17 bits per heavy atom. The van der Waals surface area contributed by atoms with Crippen LogP contribution in [0.3, 0.4) is 0 Å². The van der Waals surface area contributed by atoms with Crippen LogP contribution in [0, 0.1) is 30.1 Å². The summed E-state index contributed by atoms with van der Waals surface area (Å²) in [6.45, 7) is 12.5. The first-order valence-corrected chi connectivity index (χ1v) is 12.7. The second-order valence-corrected chi connectivity index (χ2v) is 11.1. The van der Waals surface area contributed by atoms with E-state index in [0.717, 1.165) is 24.8 Å². The molecule has 8 heteroatoms. The number of esters is 1. The fourth-order valence-corrected chi connectivity index (χ4v) is 5.21. The summed E-state index contributed by atoms with van der Waals surface area (Å²) < 4.78 is 17.1. The molecule has 3 rings (SSSR count). The molecule has 2 N–H and O–H groups in total. The number of carbonyl (C=O) groups excluding carboxylic acids is 2. The Balaban J connectivity index is 1.87. The number of cyclic esters (lactones) is 1. The first-order chi connectivity index (χ1) is 16.3. The van der Waals surface area contributed by atoms with Crippen molar-refractivity contribution < 1.29 is 33.7 Å². The van der Waals surface area contributed by atoms with Crippen LogP contribution < -0.4 is 0 Å². The van der Waals surface area contributed by atoms with Crippen LogP contribution in [0.4, 0.5) is 0 Å². The molecule has 0 radical (unpaired) electrons. The van der Waals surface area contributed by atoms with Gasteiger partial charge in [0, 0.05) is 18.8 Å². The lowest BCUT2D eigenvalue weighted by molar-refractivity contribution is -0.156. The van der Waals surface area contributed by atoms with Crippen molar-refractivity contribution in [3.63, 3.8) is 0 Å². The summed E-state index contributed by atoms with van der Waals surface area (Å²) in [7, 11) is 0. The van der Waals surface area contributed by atoms with Crippen molar-refractivity contribution in [2.45, 2.75) is 105 Å². The number of epoxide rings is 1. The van der Waals surface area contributed by atoms with E-state index in [9.17, 15) is 19.8 Å². The number of aliphatic hydroxyl groups is 2. The Kier molecular flexibility index (Phi) is 8.60. The third kappa shape index (κ3) is 6.40. The number of aliphatic hydroxyl groups excluding tert-OH is 2. The van der Waals surface area contributed by atoms with Gasteiger partial charge in [0.05, 0.1) is 36.3 Å². The number of carbonyl (C=O) groups is 2. The van der Waals surface area contributed by atoms with Gasteiger partial charge in [-0.3, -0.25) is 9.59 Å². The first kappa shape index (κ1) is 27.6. The number of fused-ring (bicyclic) bond motifs is 1. The summed E-state index contributed by atoms with van der Waals surface area (Å²) in [5.74, 6) is -1.16. The zero-order valence-corrected chi connectivity index (χ0v) is 22.0. The number of hydrogen-bond acceptors (Lipinski definition) is 8. The molecule has 0 amide bonds. The van der Waals surface area contributed by atoms with Crippen LogP contribution in [0.1, 0.15) is 78.8 Å². The highest BCUT2D eigenvalue weighted by Gasteiger charge is 2.47. The van der Waals surface area contributed by atoms with E-state index in [1.807, 2.05) is 26.8 Å². The number of Topliss-reactive ketones (excluding diaryl/α,β-unsaturated/α-hetero) is 1. The Morgan fingerprint density at radius 2 is 1.86 bits per heavy atom. The predicted molar refractivity (Wildman–Crippen MR) is 130 cm³/mol. The zero-order valence-electron chi connectivity index (χ0n) is 22.0. The van der Waals surface area contributed by atoms with Gasteiger partial charge in [0.1, 0.15) is 23.8 Å². The van der Waals surface area contributed by atoms with Crippen LogP contribution in [0.25, 0.3) is 6.08 Å². The van der Waals surface area contributed by atoms with Crippen molar-refractivity contribution in [2.24, 2.45) is 23.2 Å². The van der Waals surface area contributed by atoms with Crippen LogP contribution in [0.2, 0.25) is 0 Å². The highest BCUT2D eigenvalue weighted by atomic mass is 16.6. The second kappa shape index (κ2) is 10.9. The lowest BCUT2D eigenvalue weighted by atomic mass is 9.73. The van der Waals surface area contributed by atoms with Crippen LogP contribution >= 0.6 is 0 Å². The van der Waals surface area contributed by atoms with E-state index in [0.29, 0.717) is 11.6 Å². The Hall–Kier alpha value is -2.03. The van der Waals surface area contributed by atoms with Gasteiger partial charge in [-0.15, -0.1) is 0 Å². The third-order valence-electron chi connectivity index (χ3n) is 7.82. The third-order valence-corrected chi connectivity index (χ3v) is 7.82. The normalized spacial score (nSPS) is 37.5. The molecule has 0 aromatic carbocycles. The average Bonchev–Trinajstić information content (AvgIpc) is 3.46. The fraction of sp³-hybridized carbons (Fsp3) is 0.741. The molecule has 2 aliphatic rings. The quantitative estimate of drug-likeness (QED) is 0.472. The molecule has 0 unspecified atom stereocenters. The van der Waals surface area contributed by atoms with Gasteiger partial charge in [0.15, 0.2) is 5.89 Å². The summed E-state index contributed by atoms with van der Waals surface area (Å²) >= 11 is 0. The highest BCUT2D eigenvalue weighted by molar-refractivity contribution is 5.88. The minimum Gasteiger partial charge on any atom is -0.457 e. The number of ketones is 1. The molecule has 0 aliphatic carbocycles. The number of aromatic nitrogens is 1. The number of oxazole rings is 1. The van der Waals surface area contributed by atoms with Crippen molar-refractivity contribution in [3.8, 4) is 0 Å². The molecule has 0 spiro atoms. The summed E-state index contributed by atoms with van der Waals surface area (Å²) in [5, 5.41) is 21.7. The maximum atomic E-state index is 13.2. The Bertz CT molecular complexity index is 936. The van der Waals surface area contributed by atoms with Crippen LogP contribution in [-0.4, -0.2) is 57.5 Å². The van der Waals surface area contributed by atoms with Crippen molar-refractivity contribution >= 4 is 17.8 Å². The summed E-state index contributed by atoms with van der Waals surface area (Å²) in [6, 6.07) is 0. The molecule has 8 nitrogen and oxygen atoms in total. The molecular weight excluding hydrogens is 450 g/mol. The van der Waals surface area contributed by atoms with E-state index < -0.39 is 35.6 Å². The minimum atomic E-state index is -1.25. The Morgan fingerprint density at radius 3 is 2.49 bits per heavy atom. The minimum absolute atomic E-state index is 0.0507. The average molecular weight is 492 g/mol. The van der Waals surface area contributed by atoms with Gasteiger partial charge in [-0.25, -0.2) is 4.98 Å². The molecule has 2 aliphatic heterocycles. The van der Waals surface area contributed by atoms with Gasteiger partial charge in [0.2, 0.25) is 0 Å². The standard InChI is InChI=1S/C27H41NO7/c1-14-9-8-10-20-25(34-20)17(4)24(15(2)11-19-13-33-18(5)28-19)35-22(30)12-21(29)27(6,7)26(32)16(3)23(14)31/h11,13-14,16-17,20-21,23-25,29,31H,8-10,12H2,1-7H3/b15-11+/t14-,16+,17+,20+,21-,23-,24+,25-/m0/s1. The summed E-state index contributed by atoms with van der Waals surface area (Å²) in [5.41, 5.74) is 0.215. The molecule has 35 heavy (non-hydrogen) atoms. The SMILES string of the molecule is C/C(=C\c1coc(C)n1)[C@H]1OC(=O)C[C@H](O)C(C)(C)C(=O)[C@H](C)[C@@H](O)[C@@H](C)CCC[C@H]2O[C@H]2[C@@H]1C. The van der Waals surface area contributed by atoms with E-state index in [-0.39, 0.29) is 36.2 Å². The molecule has 196 valence electrons. The number of nitrogens with zero attached hydrogens (tertiary/aromatic N) is 1. The van der Waals surface area contributed by atoms with Crippen molar-refractivity contribution in [1.82, 2.24) is 4.98 Å². The molecular formula is C27H41NO7. The lowest BCUT2D eigenvalue weighted by Gasteiger charge is -2.34. The molecule has 1 aromatic heterocycles. The fourth-order valence-electron chi connectivity index (χ4n) is 5.21. The molecule has 2 fully saturated rings. The largest absolute Gasteiger partial charge is 0.457 e. The van der Waals surface area contributed by atoms with E-state index >= 15 is 0 Å². The van der Waals surface area contributed by atoms with Crippen LogP contribution in [0.5, 0.6) is 0 Å². The topological polar surface area (TPSA) is 122 Å². The van der Waals surface area contributed by atoms with Crippen LogP contribution in [0.15, 0.2) is 16.3 Å². The molecule has 3 heterocycles. The first-order valence-electron chi connectivity index (χ1n) is 12.7. The number of hydrogen-bond donors (Lipinski definition) is 2. The molecule has 0 saturated carbocycles. The van der Waals surface area contributed by atoms with E-state index in [1.165, 1.54) is 0 Å². The van der Waals surface area contributed by atoms with Crippen molar-refractivity contribution in [1.29, 1.82) is 0 Å². The van der Waals surface area contributed by atoms with Gasteiger partial charge >= 0.3 is 5.97 Å². The zero-order chi connectivity index (χ0) is 26.1. The maximum Gasteiger partial charge on any atom is 0.309 e. The van der Waals surface area contributed by atoms with Crippen molar-refractivity contribution in [2.75, 3.05) is 0 Å². The molecule has 2 saturated heterocycles. The number of rotatable bonds is 2. The maximum absolute atomic E-state index is 13.2. The molecule has 8 atom stereocenters. The summed E-state index contributed by atoms with van der Waals surface area (Å²) in [4.78, 5) is 30.5. The molecule has 0 bridgehead atoms. The van der Waals surface area contributed by atoms with E-state index in [2.05, 4.69) is 4.98 Å². The van der Waals surface area contributed by atoms with Gasteiger partial charge < -0.3 is 24.1 Å². The monoisotopic (exact) mass is 491 g/mol. The van der Waals surface area contributed by atoms with Crippen molar-refractivity contribution in [3.05, 3.63) is 23.4 Å². The van der Waals surface area contributed by atoms with Gasteiger partial charge in [-0.2, -0.15) is 0 Å². The van der Waals surface area contributed by atoms with E-state index in [4.69, 9.17) is 13.9 Å². The summed E-state index contributed by atoms with van der Waals surface area (Å²) in [6.07, 6.45) is 2.89. The predicted octanol–water partition coefficient (Wildman–Crippen LogP) is 3.86. The van der Waals surface area contributed by atoms with Gasteiger partial charge in [-0.05, 0) is 37.3 Å². The van der Waals surface area contributed by atoms with Crippen LogP contribution in [-0.2, 0) is 19.1 Å². The lowest BCUT2D eigenvalue weighted by Crippen LogP contribution is -2.46. The van der Waals surface area contributed by atoms with Gasteiger partial charge in [-0.1, -0.05) is 41.0 Å². The van der Waals surface area contributed by atoms with E-state index in [1.54, 1.807) is 34.0 Å². The molecule has 1 aromatic rings. The van der Waals surface area contributed by atoms with Gasteiger partial charge in [0.25, 0.3) is 0 Å². The number of ether oxygens (including phenoxy) is 2. The highest BCUT2D eigenvalue weighted by Crippen LogP contribution is 2.39. The second-order valence-electron chi connectivity index (χ2n) is 11.1.